The third-order valence-electron chi connectivity index (χ3n) is 12.6. The predicted molar refractivity (Wildman–Crippen MR) is 233 cm³/mol. The number of ether oxygens (including phenoxy) is 3. The van der Waals surface area contributed by atoms with E-state index < -0.39 is 47.7 Å². The molecule has 5 aliphatic rings. The molecule has 63 heavy (non-hydrogen) atoms. The number of aromatic nitrogens is 4. The number of nitrogens with one attached hydrogen (secondary N) is 1. The van der Waals surface area contributed by atoms with Crippen LogP contribution in [0.2, 0.25) is 0 Å². The minimum absolute atomic E-state index is 0.0183. The van der Waals surface area contributed by atoms with Gasteiger partial charge in [-0.15, -0.1) is 0 Å². The molecule has 0 bridgehead atoms. The molecule has 0 radical (unpaired) electrons. The van der Waals surface area contributed by atoms with Crippen LogP contribution in [0, 0.1) is 0 Å². The van der Waals surface area contributed by atoms with Crippen LogP contribution in [0.5, 0.6) is 0 Å². The van der Waals surface area contributed by atoms with E-state index in [1.807, 2.05) is 9.80 Å². The molecule has 5 fully saturated rings. The van der Waals surface area contributed by atoms with E-state index in [0.717, 1.165) is 74.4 Å². The summed E-state index contributed by atoms with van der Waals surface area (Å²) in [5, 5.41) is 9.68. The van der Waals surface area contributed by atoms with Crippen LogP contribution in [-0.2, 0) is 61.5 Å². The van der Waals surface area contributed by atoms with E-state index in [1.165, 1.54) is 8.61 Å². The lowest BCUT2D eigenvalue weighted by Crippen LogP contribution is -2.62. The summed E-state index contributed by atoms with van der Waals surface area (Å²) in [4.78, 5) is 52.5. The molecular formula is C41H65N9O11S2. The molecule has 1 atom stereocenters. The molecule has 352 valence electrons. The fraction of sp³-hybridized carbons (Fsp3) is 0.756. The van der Waals surface area contributed by atoms with Crippen LogP contribution in [0.1, 0.15) is 95.9 Å². The van der Waals surface area contributed by atoms with Crippen LogP contribution in [0.3, 0.4) is 0 Å². The van der Waals surface area contributed by atoms with Crippen molar-refractivity contribution in [3.8, 4) is 0 Å². The number of hydroxylamine groups is 1. The quantitative estimate of drug-likeness (QED) is 0.230. The van der Waals surface area contributed by atoms with Crippen molar-refractivity contribution in [2.24, 2.45) is 0 Å². The Morgan fingerprint density at radius 1 is 0.683 bits per heavy atom. The monoisotopic (exact) mass is 923 g/mol. The van der Waals surface area contributed by atoms with Crippen LogP contribution in [0.4, 0.5) is 11.6 Å². The molecule has 2 N–H and O–H groups in total. The third-order valence-corrected chi connectivity index (χ3v) is 17.8. The predicted octanol–water partition coefficient (Wildman–Crippen LogP) is 2.30. The average Bonchev–Trinajstić information content (AvgIpc) is 3.33. The molecular weight excluding hydrogens is 859 g/mol. The highest BCUT2D eigenvalue weighted by atomic mass is 32.2. The van der Waals surface area contributed by atoms with Crippen molar-refractivity contribution in [2.75, 3.05) is 95.2 Å². The van der Waals surface area contributed by atoms with E-state index in [-0.39, 0.29) is 78.3 Å². The van der Waals surface area contributed by atoms with E-state index in [4.69, 9.17) is 19.0 Å². The second-order valence-corrected chi connectivity index (χ2v) is 21.1. The lowest BCUT2D eigenvalue weighted by Gasteiger charge is -2.42. The first-order chi connectivity index (χ1) is 30.4. The minimum Gasteiger partial charge on any atom is -0.480 e. The number of anilines is 2. The summed E-state index contributed by atoms with van der Waals surface area (Å²) in [6.07, 6.45) is 15.3. The fourth-order valence-electron chi connectivity index (χ4n) is 8.41. The number of rotatable bonds is 16. The Labute approximate surface area is 371 Å². The van der Waals surface area contributed by atoms with Crippen molar-refractivity contribution >= 4 is 43.6 Å². The number of carboxylic acids is 1. The van der Waals surface area contributed by atoms with E-state index in [2.05, 4.69) is 39.3 Å². The van der Waals surface area contributed by atoms with Gasteiger partial charge in [0.25, 0.3) is 5.91 Å². The lowest BCUT2D eigenvalue weighted by molar-refractivity contribution is -0.202. The van der Waals surface area contributed by atoms with Gasteiger partial charge in [0.1, 0.15) is 11.6 Å². The molecule has 5 aliphatic heterocycles. The number of hydrogen-bond donors (Lipinski definition) is 2. The highest BCUT2D eigenvalue weighted by molar-refractivity contribution is 7.91. The molecule has 1 amide bonds. The van der Waals surface area contributed by atoms with Gasteiger partial charge in [-0.05, 0) is 38.5 Å². The smallest absolute Gasteiger partial charge is 0.326 e. The van der Waals surface area contributed by atoms with Gasteiger partial charge in [0.15, 0.2) is 15.8 Å². The van der Waals surface area contributed by atoms with Gasteiger partial charge >= 0.3 is 5.97 Å². The lowest BCUT2D eigenvalue weighted by atomic mass is 9.98. The number of aliphatic carboxylic acids is 1. The van der Waals surface area contributed by atoms with Crippen LogP contribution in [0.25, 0.3) is 0 Å². The topological polar surface area (TPSA) is 236 Å². The highest BCUT2D eigenvalue weighted by Crippen LogP contribution is 2.35. The van der Waals surface area contributed by atoms with Gasteiger partial charge in [0.05, 0.1) is 36.2 Å². The molecule has 5 saturated heterocycles. The molecule has 0 saturated carbocycles. The Bertz CT molecular complexity index is 1980. The summed E-state index contributed by atoms with van der Waals surface area (Å²) in [6, 6.07) is 0. The van der Waals surface area contributed by atoms with Crippen LogP contribution in [0.15, 0.2) is 24.8 Å². The number of carbonyl (C=O) groups is 2. The standard InChI is InChI=1S/C23H37N5O6S.C18H28N4O5S/c1-2-3-6-19-17-25-20(18-24-19)27-10-12-28(13-11-27)35(30,31)23(8-15-32-16-9-23)22(29)26-34-21-7-4-5-14-33-21;1-2-3-4-15-13-20-16(14-19-15)21-7-9-22(10-8-21)28(25,26)18(17(23)24)5-11-27-12-6-18/h17-18,21H,2-16H2,1H3,(H,26,29);13-14H,2-12H2,1H3,(H,23,24). The van der Waals surface area contributed by atoms with Crippen molar-refractivity contribution in [1.82, 2.24) is 34.0 Å². The largest absolute Gasteiger partial charge is 0.480 e. The second-order valence-electron chi connectivity index (χ2n) is 16.6. The number of amides is 1. The molecule has 20 nitrogen and oxygen atoms in total. The van der Waals surface area contributed by atoms with Crippen LogP contribution in [-0.4, -0.2) is 164 Å². The molecule has 1 unspecified atom stereocenters. The van der Waals surface area contributed by atoms with Crippen LogP contribution >= 0.6 is 0 Å². The molecule has 22 heteroatoms. The minimum atomic E-state index is -3.98. The van der Waals surface area contributed by atoms with Gasteiger partial charge in [-0.3, -0.25) is 19.6 Å². The SMILES string of the molecule is CCCCc1cnc(N2CCN(S(=O)(=O)C3(C(=O)NOC4CCCCO4)CCOCC3)CC2)cn1.CCCCc1cnc(N2CCN(S(=O)(=O)C3(C(=O)O)CCOCC3)CC2)cn1. The maximum atomic E-state index is 13.8. The van der Waals surface area contributed by atoms with E-state index >= 15 is 0 Å². The summed E-state index contributed by atoms with van der Waals surface area (Å²) in [7, 11) is -7.94. The number of carbonyl (C=O) groups excluding carboxylic acids is 1. The number of sulfonamides is 2. The first-order valence-electron chi connectivity index (χ1n) is 22.4. The first kappa shape index (κ1) is 48.8. The Morgan fingerprint density at radius 2 is 1.14 bits per heavy atom. The summed E-state index contributed by atoms with van der Waals surface area (Å²) < 4.78 is 69.3. The summed E-state index contributed by atoms with van der Waals surface area (Å²) in [5.41, 5.74) is 4.33. The highest BCUT2D eigenvalue weighted by Gasteiger charge is 2.56. The average molecular weight is 924 g/mol. The zero-order chi connectivity index (χ0) is 44.9. The molecule has 0 aliphatic carbocycles. The zero-order valence-corrected chi connectivity index (χ0v) is 38.3. The van der Waals surface area contributed by atoms with Gasteiger partial charge in [0, 0.05) is 117 Å². The van der Waals surface area contributed by atoms with Gasteiger partial charge in [-0.2, -0.15) is 8.61 Å². The maximum absolute atomic E-state index is 13.8. The number of unbranched alkanes of at least 4 members (excludes halogenated alkanes) is 2. The maximum Gasteiger partial charge on any atom is 0.326 e. The van der Waals surface area contributed by atoms with E-state index in [9.17, 15) is 31.5 Å². The summed E-state index contributed by atoms with van der Waals surface area (Å²) >= 11 is 0. The van der Waals surface area contributed by atoms with Gasteiger partial charge in [-0.25, -0.2) is 37.1 Å². The molecule has 2 aromatic heterocycles. The van der Waals surface area contributed by atoms with Crippen molar-refractivity contribution in [2.45, 2.75) is 113 Å². The number of carboxylic acid groups (broad SMARTS) is 1. The van der Waals surface area contributed by atoms with E-state index in [1.54, 1.807) is 24.8 Å². The molecule has 2 aromatic rings. The summed E-state index contributed by atoms with van der Waals surface area (Å²) in [6.45, 7) is 8.38. The number of piperazine rings is 2. The first-order valence-corrected chi connectivity index (χ1v) is 25.3. The molecule has 0 aromatic carbocycles. The number of nitrogens with zero attached hydrogens (tertiary/aromatic N) is 8. The molecule has 0 spiro atoms. The van der Waals surface area contributed by atoms with Crippen molar-refractivity contribution < 1.29 is 50.6 Å². The third kappa shape index (κ3) is 11.4. The van der Waals surface area contributed by atoms with Gasteiger partial charge in [-0.1, -0.05) is 26.7 Å². The van der Waals surface area contributed by atoms with Crippen molar-refractivity contribution in [3.05, 3.63) is 36.2 Å². The fourth-order valence-corrected chi connectivity index (χ4v) is 12.5. The van der Waals surface area contributed by atoms with Gasteiger partial charge in [0.2, 0.25) is 20.0 Å². The number of aryl methyl sites for hydroxylation is 2. The summed E-state index contributed by atoms with van der Waals surface area (Å²) in [5.74, 6) is -0.476. The normalized spacial score (nSPS) is 22.4. The Hall–Kier alpha value is -3.64. The van der Waals surface area contributed by atoms with E-state index in [0.29, 0.717) is 39.2 Å². The Balaban J connectivity index is 0.000000215. The van der Waals surface area contributed by atoms with Gasteiger partial charge < -0.3 is 29.1 Å². The van der Waals surface area contributed by atoms with Crippen LogP contribution < -0.4 is 15.3 Å². The Kier molecular flexibility index (Phi) is 17.4. The number of hydrogen-bond acceptors (Lipinski definition) is 16. The van der Waals surface area contributed by atoms with Crippen molar-refractivity contribution in [1.29, 1.82) is 0 Å². The second kappa shape index (κ2) is 22.5. The Morgan fingerprint density at radius 3 is 1.54 bits per heavy atom. The molecule has 7 rings (SSSR count). The molecule has 7 heterocycles. The van der Waals surface area contributed by atoms with Crippen molar-refractivity contribution in [3.63, 3.8) is 0 Å². The zero-order valence-electron chi connectivity index (χ0n) is 36.7.